The smallest absolute Gasteiger partial charge is 0.145 e. The van der Waals surface area contributed by atoms with Gasteiger partial charge >= 0.3 is 0 Å². The quantitative estimate of drug-likeness (QED) is 0.752. The Morgan fingerprint density at radius 3 is 3.07 bits per heavy atom. The zero-order valence-corrected chi connectivity index (χ0v) is 9.31. The summed E-state index contributed by atoms with van der Waals surface area (Å²) in [6, 6.07) is 1.88. The molecule has 1 atom stereocenters. The highest BCUT2D eigenvalue weighted by Crippen LogP contribution is 2.09. The van der Waals surface area contributed by atoms with Crippen LogP contribution >= 0.6 is 0 Å². The van der Waals surface area contributed by atoms with Gasteiger partial charge in [0, 0.05) is 24.8 Å². The monoisotopic (exact) mass is 210 g/mol. The first kappa shape index (κ1) is 10.4. The molecule has 0 aromatic carbocycles. The van der Waals surface area contributed by atoms with Gasteiger partial charge in [-0.15, -0.1) is 0 Å². The number of ether oxygens (including phenoxy) is 1. The van der Waals surface area contributed by atoms with Crippen LogP contribution in [0.1, 0.15) is 5.69 Å². The van der Waals surface area contributed by atoms with Crippen LogP contribution in [0.15, 0.2) is 6.07 Å². The van der Waals surface area contributed by atoms with E-state index >= 15 is 0 Å². The van der Waals surface area contributed by atoms with E-state index in [2.05, 4.69) is 17.0 Å². The summed E-state index contributed by atoms with van der Waals surface area (Å²) >= 11 is 0. The minimum atomic E-state index is 0.224. The molecule has 5 nitrogen and oxygen atoms in total. The van der Waals surface area contributed by atoms with E-state index < -0.39 is 0 Å². The fourth-order valence-corrected chi connectivity index (χ4v) is 1.89. The number of nitrogen functional groups attached to an aromatic ring is 1. The van der Waals surface area contributed by atoms with Crippen molar-refractivity contribution < 1.29 is 4.74 Å². The number of rotatable bonds is 2. The molecule has 0 spiro atoms. The summed E-state index contributed by atoms with van der Waals surface area (Å²) in [6.07, 6.45) is 0.224. The molecule has 1 unspecified atom stereocenters. The lowest BCUT2D eigenvalue weighted by molar-refractivity contribution is -0.0292. The van der Waals surface area contributed by atoms with Crippen LogP contribution in [-0.2, 0) is 11.3 Å². The zero-order chi connectivity index (χ0) is 10.8. The molecule has 1 aromatic rings. The SMILES string of the molecule is Cc1cc(N)nn1CC1CN(C)CCO1. The number of nitrogens with two attached hydrogens (primary N) is 1. The first-order chi connectivity index (χ1) is 7.15. The van der Waals surface area contributed by atoms with Gasteiger partial charge in [0.1, 0.15) is 5.82 Å². The molecule has 84 valence electrons. The summed E-state index contributed by atoms with van der Waals surface area (Å²) in [5.41, 5.74) is 6.72. The molecule has 1 aromatic heterocycles. The molecular weight excluding hydrogens is 192 g/mol. The van der Waals surface area contributed by atoms with Gasteiger partial charge in [-0.25, -0.2) is 0 Å². The third kappa shape index (κ3) is 2.49. The lowest BCUT2D eigenvalue weighted by Crippen LogP contribution is -2.42. The Morgan fingerprint density at radius 2 is 2.47 bits per heavy atom. The van der Waals surface area contributed by atoms with Crippen molar-refractivity contribution in [2.24, 2.45) is 0 Å². The molecule has 0 amide bonds. The number of anilines is 1. The van der Waals surface area contributed by atoms with Gasteiger partial charge in [-0.05, 0) is 14.0 Å². The molecule has 15 heavy (non-hydrogen) atoms. The predicted octanol–water partition coefficient (Wildman–Crippen LogP) is 0.104. The average molecular weight is 210 g/mol. The molecule has 1 aliphatic rings. The first-order valence-electron chi connectivity index (χ1n) is 5.25. The topological polar surface area (TPSA) is 56.3 Å². The summed E-state index contributed by atoms with van der Waals surface area (Å²) in [4.78, 5) is 2.27. The van der Waals surface area contributed by atoms with E-state index in [-0.39, 0.29) is 6.10 Å². The Labute approximate surface area is 89.8 Å². The van der Waals surface area contributed by atoms with Crippen molar-refractivity contribution in [1.82, 2.24) is 14.7 Å². The Balaban J connectivity index is 1.99. The van der Waals surface area contributed by atoms with Crippen molar-refractivity contribution in [3.8, 4) is 0 Å². The molecule has 2 heterocycles. The van der Waals surface area contributed by atoms with Gasteiger partial charge in [0.2, 0.25) is 0 Å². The van der Waals surface area contributed by atoms with Crippen molar-refractivity contribution in [1.29, 1.82) is 0 Å². The summed E-state index contributed by atoms with van der Waals surface area (Å²) in [6.45, 7) is 5.57. The highest BCUT2D eigenvalue weighted by atomic mass is 16.5. The molecule has 1 aliphatic heterocycles. The molecule has 2 N–H and O–H groups in total. The van der Waals surface area contributed by atoms with Gasteiger partial charge in [0.25, 0.3) is 0 Å². The number of nitrogens with zero attached hydrogens (tertiary/aromatic N) is 3. The standard InChI is InChI=1S/C10H18N4O/c1-8-5-10(11)12-14(8)7-9-6-13(2)3-4-15-9/h5,9H,3-4,6-7H2,1-2H3,(H2,11,12). The molecule has 0 bridgehead atoms. The largest absolute Gasteiger partial charge is 0.382 e. The highest BCUT2D eigenvalue weighted by Gasteiger charge is 2.19. The van der Waals surface area contributed by atoms with Crippen molar-refractivity contribution >= 4 is 5.82 Å². The predicted molar refractivity (Wildman–Crippen MR) is 58.6 cm³/mol. The Kier molecular flexibility index (Phi) is 2.93. The van der Waals surface area contributed by atoms with Crippen LogP contribution in [-0.4, -0.2) is 47.5 Å². The van der Waals surface area contributed by atoms with Gasteiger partial charge < -0.3 is 15.4 Å². The van der Waals surface area contributed by atoms with Gasteiger partial charge in [0.05, 0.1) is 19.3 Å². The second-order valence-electron chi connectivity index (χ2n) is 4.15. The lowest BCUT2D eigenvalue weighted by atomic mass is 10.3. The fraction of sp³-hybridized carbons (Fsp3) is 0.700. The van der Waals surface area contributed by atoms with Crippen LogP contribution in [0.2, 0.25) is 0 Å². The molecule has 1 saturated heterocycles. The second kappa shape index (κ2) is 4.20. The molecule has 5 heteroatoms. The van der Waals surface area contributed by atoms with Crippen molar-refractivity contribution in [2.75, 3.05) is 32.5 Å². The van der Waals surface area contributed by atoms with E-state index in [1.165, 1.54) is 0 Å². The normalized spacial score (nSPS) is 23.2. The van der Waals surface area contributed by atoms with Crippen LogP contribution in [0.25, 0.3) is 0 Å². The zero-order valence-electron chi connectivity index (χ0n) is 9.31. The van der Waals surface area contributed by atoms with Crippen molar-refractivity contribution in [3.63, 3.8) is 0 Å². The number of morpholine rings is 1. The number of aryl methyl sites for hydroxylation is 1. The number of hydrogen-bond donors (Lipinski definition) is 1. The van der Waals surface area contributed by atoms with E-state index in [1.807, 2.05) is 17.7 Å². The van der Waals surface area contributed by atoms with Crippen LogP contribution in [0.5, 0.6) is 0 Å². The molecule has 2 rings (SSSR count). The van der Waals surface area contributed by atoms with Gasteiger partial charge in [-0.3, -0.25) is 4.68 Å². The van der Waals surface area contributed by atoms with Crippen LogP contribution in [0.3, 0.4) is 0 Å². The van der Waals surface area contributed by atoms with E-state index in [4.69, 9.17) is 10.5 Å². The first-order valence-corrected chi connectivity index (χ1v) is 5.25. The average Bonchev–Trinajstić information content (AvgIpc) is 2.45. The van der Waals surface area contributed by atoms with Gasteiger partial charge in [-0.2, -0.15) is 5.10 Å². The maximum atomic E-state index is 5.67. The van der Waals surface area contributed by atoms with Gasteiger partial charge in [0.15, 0.2) is 0 Å². The maximum absolute atomic E-state index is 5.67. The lowest BCUT2D eigenvalue weighted by Gasteiger charge is -2.30. The van der Waals surface area contributed by atoms with Crippen molar-refractivity contribution in [3.05, 3.63) is 11.8 Å². The molecular formula is C10H18N4O. The van der Waals surface area contributed by atoms with Crippen molar-refractivity contribution in [2.45, 2.75) is 19.6 Å². The molecule has 0 saturated carbocycles. The summed E-state index contributed by atoms with van der Waals surface area (Å²) in [5.74, 6) is 0.580. The second-order valence-corrected chi connectivity index (χ2v) is 4.15. The summed E-state index contributed by atoms with van der Waals surface area (Å²) < 4.78 is 7.59. The summed E-state index contributed by atoms with van der Waals surface area (Å²) in [5, 5.41) is 4.23. The minimum absolute atomic E-state index is 0.224. The van der Waals surface area contributed by atoms with E-state index in [9.17, 15) is 0 Å². The fourth-order valence-electron chi connectivity index (χ4n) is 1.89. The molecule has 0 radical (unpaired) electrons. The number of hydrogen-bond acceptors (Lipinski definition) is 4. The maximum Gasteiger partial charge on any atom is 0.145 e. The Hall–Kier alpha value is -1.07. The van der Waals surface area contributed by atoms with Crippen LogP contribution in [0, 0.1) is 6.92 Å². The number of likely N-dealkylation sites (N-methyl/N-ethyl adjacent to an activating group) is 1. The van der Waals surface area contributed by atoms with E-state index in [0.717, 1.165) is 31.9 Å². The molecule has 0 aliphatic carbocycles. The Morgan fingerprint density at radius 1 is 1.67 bits per heavy atom. The summed E-state index contributed by atoms with van der Waals surface area (Å²) in [7, 11) is 2.11. The molecule has 1 fully saturated rings. The minimum Gasteiger partial charge on any atom is -0.382 e. The third-order valence-electron chi connectivity index (χ3n) is 2.72. The van der Waals surface area contributed by atoms with E-state index in [1.54, 1.807) is 0 Å². The van der Waals surface area contributed by atoms with Crippen LogP contribution < -0.4 is 5.73 Å². The third-order valence-corrected chi connectivity index (χ3v) is 2.72. The highest BCUT2D eigenvalue weighted by molar-refractivity contribution is 5.28. The van der Waals surface area contributed by atoms with Gasteiger partial charge in [-0.1, -0.05) is 0 Å². The van der Waals surface area contributed by atoms with Crippen LogP contribution in [0.4, 0.5) is 5.82 Å². The number of aromatic nitrogens is 2. The van der Waals surface area contributed by atoms with E-state index in [0.29, 0.717) is 5.82 Å². The Bertz CT molecular complexity index is 336.